The van der Waals surface area contributed by atoms with Crippen molar-refractivity contribution in [1.82, 2.24) is 0 Å². The normalized spacial score (nSPS) is 46.8. The molecule has 0 spiro atoms. The molecule has 4 fully saturated rings. The summed E-state index contributed by atoms with van der Waals surface area (Å²) >= 11 is 0. The molecule has 0 amide bonds. The van der Waals surface area contributed by atoms with Crippen LogP contribution in [0.1, 0.15) is 38.2 Å². The molecule has 3 heterocycles. The topological polar surface area (TPSA) is 40.8 Å². The molecule has 4 nitrogen and oxygen atoms in total. The molecule has 2 saturated heterocycles. The van der Waals surface area contributed by atoms with Gasteiger partial charge in [0.2, 0.25) is 0 Å². The van der Waals surface area contributed by atoms with Gasteiger partial charge in [0.05, 0.1) is 31.3 Å². The monoisotopic (exact) mass is 330 g/mol. The largest absolute Gasteiger partial charge is 0.472 e. The summed E-state index contributed by atoms with van der Waals surface area (Å²) in [5.41, 5.74) is 2.94. The maximum absolute atomic E-state index is 6.02. The first-order valence-corrected chi connectivity index (χ1v) is 9.26. The number of ether oxygens (including phenoxy) is 3. The lowest BCUT2D eigenvalue weighted by Gasteiger charge is -2.57. The van der Waals surface area contributed by atoms with Crippen molar-refractivity contribution in [3.63, 3.8) is 0 Å². The molecule has 2 aliphatic heterocycles. The molecule has 24 heavy (non-hydrogen) atoms. The molecule has 0 N–H and O–H groups in total. The SMILES string of the molecule is C=C1CC[C@@H]2[C@@H]3COC4O[C@@H]3[C@@H](C[C@@]2(C)[C@@H]1CCc1ccoc1)O4. The van der Waals surface area contributed by atoms with E-state index in [1.807, 2.05) is 6.26 Å². The van der Waals surface area contributed by atoms with Crippen LogP contribution in [0.5, 0.6) is 0 Å². The van der Waals surface area contributed by atoms with Crippen LogP contribution in [0.4, 0.5) is 0 Å². The molecule has 5 rings (SSSR count). The lowest BCUT2D eigenvalue weighted by molar-refractivity contribution is -0.279. The molecule has 0 radical (unpaired) electrons. The minimum Gasteiger partial charge on any atom is -0.472 e. The van der Waals surface area contributed by atoms with Crippen molar-refractivity contribution in [2.24, 2.45) is 23.2 Å². The maximum atomic E-state index is 6.02. The lowest BCUT2D eigenvalue weighted by atomic mass is 9.49. The van der Waals surface area contributed by atoms with Gasteiger partial charge in [-0.3, -0.25) is 0 Å². The van der Waals surface area contributed by atoms with Crippen LogP contribution in [0.15, 0.2) is 35.2 Å². The van der Waals surface area contributed by atoms with E-state index in [2.05, 4.69) is 19.6 Å². The van der Waals surface area contributed by atoms with Gasteiger partial charge in [0.25, 0.3) is 6.48 Å². The zero-order chi connectivity index (χ0) is 16.3. The third-order valence-electron chi connectivity index (χ3n) is 7.14. The Morgan fingerprint density at radius 1 is 1.33 bits per heavy atom. The average Bonchev–Trinajstić information content (AvgIpc) is 3.18. The predicted molar refractivity (Wildman–Crippen MR) is 88.1 cm³/mol. The van der Waals surface area contributed by atoms with Crippen molar-refractivity contribution in [2.45, 2.75) is 57.7 Å². The Hall–Kier alpha value is -1.10. The molecule has 2 aliphatic carbocycles. The highest BCUT2D eigenvalue weighted by molar-refractivity contribution is 5.18. The number of hydrogen-bond donors (Lipinski definition) is 0. The summed E-state index contributed by atoms with van der Waals surface area (Å²) in [6.07, 6.45) is 9.66. The summed E-state index contributed by atoms with van der Waals surface area (Å²) in [5, 5.41) is 0. The summed E-state index contributed by atoms with van der Waals surface area (Å²) in [5.74, 6) is 1.65. The number of allylic oxidation sites excluding steroid dienone is 1. The van der Waals surface area contributed by atoms with Crippen LogP contribution in [-0.2, 0) is 20.6 Å². The Morgan fingerprint density at radius 2 is 2.25 bits per heavy atom. The van der Waals surface area contributed by atoms with Crippen molar-refractivity contribution >= 4 is 0 Å². The average molecular weight is 330 g/mol. The van der Waals surface area contributed by atoms with Gasteiger partial charge in [0.1, 0.15) is 0 Å². The number of fused-ring (bicyclic) bond motifs is 3. The van der Waals surface area contributed by atoms with Crippen LogP contribution in [0.3, 0.4) is 0 Å². The molecule has 7 atom stereocenters. The first-order valence-electron chi connectivity index (χ1n) is 9.26. The van der Waals surface area contributed by atoms with Gasteiger partial charge in [-0.1, -0.05) is 19.1 Å². The number of aryl methyl sites for hydroxylation is 1. The molecule has 1 aromatic rings. The van der Waals surface area contributed by atoms with Gasteiger partial charge in [-0.2, -0.15) is 0 Å². The highest BCUT2D eigenvalue weighted by Gasteiger charge is 2.61. The van der Waals surface area contributed by atoms with Gasteiger partial charge in [0.15, 0.2) is 0 Å². The Labute approximate surface area is 143 Å². The van der Waals surface area contributed by atoms with E-state index in [1.165, 1.54) is 17.6 Å². The zero-order valence-electron chi connectivity index (χ0n) is 14.3. The smallest absolute Gasteiger partial charge is 0.272 e. The molecule has 4 heteroatoms. The van der Waals surface area contributed by atoms with Crippen LogP contribution in [0.25, 0.3) is 0 Å². The summed E-state index contributed by atoms with van der Waals surface area (Å²) < 4.78 is 23.0. The fraction of sp³-hybridized carbons (Fsp3) is 0.700. The fourth-order valence-corrected chi connectivity index (χ4v) is 6.00. The fourth-order valence-electron chi connectivity index (χ4n) is 6.00. The van der Waals surface area contributed by atoms with E-state index in [1.54, 1.807) is 6.26 Å². The lowest BCUT2D eigenvalue weighted by Crippen LogP contribution is -2.56. The van der Waals surface area contributed by atoms with E-state index in [-0.39, 0.29) is 17.6 Å². The highest BCUT2D eigenvalue weighted by Crippen LogP contribution is 2.60. The minimum atomic E-state index is -0.424. The van der Waals surface area contributed by atoms with Gasteiger partial charge in [-0.15, -0.1) is 0 Å². The predicted octanol–water partition coefficient (Wildman–Crippen LogP) is 3.92. The van der Waals surface area contributed by atoms with Gasteiger partial charge >= 0.3 is 0 Å². The Bertz CT molecular complexity index is 624. The maximum Gasteiger partial charge on any atom is 0.272 e. The van der Waals surface area contributed by atoms with E-state index in [0.717, 1.165) is 32.3 Å². The van der Waals surface area contributed by atoms with E-state index in [0.29, 0.717) is 17.8 Å². The molecular formula is C20H26O4. The summed E-state index contributed by atoms with van der Waals surface area (Å²) in [4.78, 5) is 0. The van der Waals surface area contributed by atoms with E-state index < -0.39 is 6.48 Å². The van der Waals surface area contributed by atoms with Crippen LogP contribution in [0, 0.1) is 23.2 Å². The van der Waals surface area contributed by atoms with Gasteiger partial charge in [0, 0.05) is 5.92 Å². The number of rotatable bonds is 3. The van der Waals surface area contributed by atoms with Crippen molar-refractivity contribution in [1.29, 1.82) is 0 Å². The van der Waals surface area contributed by atoms with E-state index >= 15 is 0 Å². The Balaban J connectivity index is 1.43. The van der Waals surface area contributed by atoms with Crippen LogP contribution >= 0.6 is 0 Å². The molecule has 2 bridgehead atoms. The highest BCUT2D eigenvalue weighted by atomic mass is 16.9. The van der Waals surface area contributed by atoms with Gasteiger partial charge in [-0.05, 0) is 61.0 Å². The molecule has 130 valence electrons. The number of furan rings is 1. The molecular weight excluding hydrogens is 304 g/mol. The second kappa shape index (κ2) is 5.45. The summed E-state index contributed by atoms with van der Waals surface area (Å²) in [7, 11) is 0. The number of hydrogen-bond acceptors (Lipinski definition) is 4. The van der Waals surface area contributed by atoms with Crippen molar-refractivity contribution in [3.8, 4) is 0 Å². The minimum absolute atomic E-state index is 0.186. The van der Waals surface area contributed by atoms with Gasteiger partial charge < -0.3 is 18.6 Å². The third-order valence-corrected chi connectivity index (χ3v) is 7.14. The first-order chi connectivity index (χ1) is 11.6. The molecule has 1 aromatic heterocycles. The van der Waals surface area contributed by atoms with Crippen molar-refractivity contribution < 1.29 is 18.6 Å². The van der Waals surface area contributed by atoms with Crippen LogP contribution < -0.4 is 0 Å². The summed E-state index contributed by atoms with van der Waals surface area (Å²) in [6, 6.07) is 2.08. The second-order valence-electron chi connectivity index (χ2n) is 8.30. The molecule has 1 unspecified atom stereocenters. The molecule has 0 aromatic carbocycles. The van der Waals surface area contributed by atoms with Crippen LogP contribution in [0.2, 0.25) is 0 Å². The van der Waals surface area contributed by atoms with E-state index in [4.69, 9.17) is 18.6 Å². The van der Waals surface area contributed by atoms with Crippen molar-refractivity contribution in [2.75, 3.05) is 6.61 Å². The Kier molecular flexibility index (Phi) is 3.45. The summed E-state index contributed by atoms with van der Waals surface area (Å²) in [6.45, 7) is 7.28. The van der Waals surface area contributed by atoms with Gasteiger partial charge in [-0.25, -0.2) is 0 Å². The third kappa shape index (κ3) is 2.16. The van der Waals surface area contributed by atoms with Crippen LogP contribution in [-0.4, -0.2) is 25.3 Å². The Morgan fingerprint density at radius 3 is 3.08 bits per heavy atom. The van der Waals surface area contributed by atoms with E-state index in [9.17, 15) is 0 Å². The first kappa shape index (κ1) is 15.2. The molecule has 2 saturated carbocycles. The standard InChI is InChI=1S/C20H26O4/c1-12-3-5-16-14-11-22-19-23-17(18(14)24-19)9-20(16,2)15(12)6-4-13-7-8-21-10-13/h7-8,10,14-19H,1,3-6,9,11H2,2H3/t14-,15+,16+,17+,18-,19?,20-/m0/s1. The zero-order valence-corrected chi connectivity index (χ0v) is 14.3. The second-order valence-corrected chi connectivity index (χ2v) is 8.30. The quantitative estimate of drug-likeness (QED) is 0.788. The van der Waals surface area contributed by atoms with Crippen molar-refractivity contribution in [3.05, 3.63) is 36.3 Å². The molecule has 4 aliphatic rings.